The lowest BCUT2D eigenvalue weighted by Crippen LogP contribution is -2.06. The van der Waals surface area contributed by atoms with Gasteiger partial charge in [0.15, 0.2) is 11.6 Å². The predicted molar refractivity (Wildman–Crippen MR) is 79.7 cm³/mol. The zero-order chi connectivity index (χ0) is 14.5. The summed E-state index contributed by atoms with van der Waals surface area (Å²) in [6.45, 7) is 4.70. The highest BCUT2D eigenvalue weighted by molar-refractivity contribution is 9.10. The van der Waals surface area contributed by atoms with Crippen molar-refractivity contribution >= 4 is 21.7 Å². The lowest BCUT2D eigenvalue weighted by Gasteiger charge is -2.13. The third-order valence-electron chi connectivity index (χ3n) is 2.70. The molecular weight excluding hydrogens is 325 g/mol. The highest BCUT2D eigenvalue weighted by Gasteiger charge is 2.13. The van der Waals surface area contributed by atoms with Crippen molar-refractivity contribution in [3.05, 3.63) is 40.4 Å². The number of anilines is 1. The number of nitrogens with one attached hydrogen (secondary N) is 1. The second-order valence-electron chi connectivity index (χ2n) is 4.07. The first-order valence-electron chi connectivity index (χ1n) is 6.36. The summed E-state index contributed by atoms with van der Waals surface area (Å²) in [5.41, 5.74) is 0.828. The van der Waals surface area contributed by atoms with Gasteiger partial charge in [-0.2, -0.15) is 0 Å². The van der Waals surface area contributed by atoms with Gasteiger partial charge in [-0.05, 0) is 31.5 Å². The molecular formula is C14H15BrFN3O. The number of benzene rings is 1. The molecule has 0 aliphatic rings. The SMILES string of the molecule is CCNc1ncnc(Oc2cc(Br)ccc2F)c1CC. The number of aromatic nitrogens is 2. The molecule has 0 bridgehead atoms. The lowest BCUT2D eigenvalue weighted by molar-refractivity contribution is 0.422. The van der Waals surface area contributed by atoms with Gasteiger partial charge in [-0.3, -0.25) is 0 Å². The minimum absolute atomic E-state index is 0.134. The average Bonchev–Trinajstić information content (AvgIpc) is 2.43. The van der Waals surface area contributed by atoms with Crippen molar-refractivity contribution in [3.8, 4) is 11.6 Å². The molecule has 1 aromatic heterocycles. The zero-order valence-electron chi connectivity index (χ0n) is 11.3. The van der Waals surface area contributed by atoms with Crippen LogP contribution in [0.15, 0.2) is 29.0 Å². The van der Waals surface area contributed by atoms with Gasteiger partial charge in [0.25, 0.3) is 0 Å². The Bertz CT molecular complexity index is 607. The Labute approximate surface area is 125 Å². The second kappa shape index (κ2) is 6.65. The minimum atomic E-state index is -0.432. The van der Waals surface area contributed by atoms with E-state index in [4.69, 9.17) is 4.74 Å². The topological polar surface area (TPSA) is 47.0 Å². The van der Waals surface area contributed by atoms with Gasteiger partial charge >= 0.3 is 0 Å². The third kappa shape index (κ3) is 3.25. The molecule has 0 saturated heterocycles. The first kappa shape index (κ1) is 14.7. The molecule has 20 heavy (non-hydrogen) atoms. The molecule has 6 heteroatoms. The summed E-state index contributed by atoms with van der Waals surface area (Å²) < 4.78 is 20.1. The van der Waals surface area contributed by atoms with Crippen LogP contribution < -0.4 is 10.1 Å². The number of hydrogen-bond donors (Lipinski definition) is 1. The summed E-state index contributed by atoms with van der Waals surface area (Å²) >= 11 is 3.29. The van der Waals surface area contributed by atoms with E-state index < -0.39 is 5.82 Å². The van der Waals surface area contributed by atoms with Crippen molar-refractivity contribution in [2.24, 2.45) is 0 Å². The summed E-state index contributed by atoms with van der Waals surface area (Å²) in [7, 11) is 0. The van der Waals surface area contributed by atoms with Crippen molar-refractivity contribution in [1.29, 1.82) is 0 Å². The maximum Gasteiger partial charge on any atom is 0.227 e. The van der Waals surface area contributed by atoms with E-state index >= 15 is 0 Å². The van der Waals surface area contributed by atoms with E-state index in [-0.39, 0.29) is 5.75 Å². The van der Waals surface area contributed by atoms with Crippen LogP contribution in [0.5, 0.6) is 11.6 Å². The lowest BCUT2D eigenvalue weighted by atomic mass is 10.2. The Morgan fingerprint density at radius 1 is 1.30 bits per heavy atom. The van der Waals surface area contributed by atoms with E-state index in [1.165, 1.54) is 12.4 Å². The van der Waals surface area contributed by atoms with E-state index in [0.29, 0.717) is 12.3 Å². The van der Waals surface area contributed by atoms with E-state index in [0.717, 1.165) is 22.4 Å². The van der Waals surface area contributed by atoms with Gasteiger partial charge in [-0.1, -0.05) is 22.9 Å². The minimum Gasteiger partial charge on any atom is -0.435 e. The summed E-state index contributed by atoms with van der Waals surface area (Å²) in [5.74, 6) is 0.792. The van der Waals surface area contributed by atoms with Crippen molar-refractivity contribution in [3.63, 3.8) is 0 Å². The van der Waals surface area contributed by atoms with Crippen molar-refractivity contribution < 1.29 is 9.13 Å². The van der Waals surface area contributed by atoms with E-state index in [2.05, 4.69) is 31.2 Å². The highest BCUT2D eigenvalue weighted by Crippen LogP contribution is 2.30. The average molecular weight is 340 g/mol. The van der Waals surface area contributed by atoms with Crippen LogP contribution in [-0.4, -0.2) is 16.5 Å². The first-order chi connectivity index (χ1) is 9.65. The van der Waals surface area contributed by atoms with Crippen LogP contribution in [0.25, 0.3) is 0 Å². The first-order valence-corrected chi connectivity index (χ1v) is 7.15. The number of halogens is 2. The fraction of sp³-hybridized carbons (Fsp3) is 0.286. The van der Waals surface area contributed by atoms with Crippen molar-refractivity contribution in [1.82, 2.24) is 9.97 Å². The van der Waals surface area contributed by atoms with Gasteiger partial charge in [-0.25, -0.2) is 14.4 Å². The van der Waals surface area contributed by atoms with Gasteiger partial charge in [-0.15, -0.1) is 0 Å². The van der Waals surface area contributed by atoms with Gasteiger partial charge in [0.2, 0.25) is 5.88 Å². The van der Waals surface area contributed by atoms with Crippen LogP contribution in [0, 0.1) is 5.82 Å². The molecule has 4 nitrogen and oxygen atoms in total. The van der Waals surface area contributed by atoms with Crippen LogP contribution in [0.2, 0.25) is 0 Å². The number of ether oxygens (including phenoxy) is 1. The molecule has 1 N–H and O–H groups in total. The number of nitrogens with zero attached hydrogens (tertiary/aromatic N) is 2. The molecule has 1 aromatic carbocycles. The molecule has 106 valence electrons. The molecule has 2 aromatic rings. The monoisotopic (exact) mass is 339 g/mol. The van der Waals surface area contributed by atoms with Crippen LogP contribution in [0.1, 0.15) is 19.4 Å². The highest BCUT2D eigenvalue weighted by atomic mass is 79.9. The molecule has 0 spiro atoms. The standard InChI is InChI=1S/C14H15BrFN3O/c1-3-10-13(17-4-2)18-8-19-14(10)20-12-7-9(15)5-6-11(12)16/h5-8H,3-4H2,1-2H3,(H,17,18,19). The second-order valence-corrected chi connectivity index (χ2v) is 4.98. The molecule has 0 aliphatic heterocycles. The largest absolute Gasteiger partial charge is 0.435 e. The Morgan fingerprint density at radius 2 is 2.10 bits per heavy atom. The van der Waals surface area contributed by atoms with Gasteiger partial charge < -0.3 is 10.1 Å². The normalized spacial score (nSPS) is 10.4. The zero-order valence-corrected chi connectivity index (χ0v) is 12.9. The third-order valence-corrected chi connectivity index (χ3v) is 3.20. The summed E-state index contributed by atoms with van der Waals surface area (Å²) in [4.78, 5) is 8.28. The summed E-state index contributed by atoms with van der Waals surface area (Å²) in [6, 6.07) is 4.54. The number of hydrogen-bond acceptors (Lipinski definition) is 4. The van der Waals surface area contributed by atoms with E-state index in [1.54, 1.807) is 12.1 Å². The van der Waals surface area contributed by atoms with Crippen LogP contribution in [0.4, 0.5) is 10.2 Å². The fourth-order valence-corrected chi connectivity index (χ4v) is 2.12. The summed E-state index contributed by atoms with van der Waals surface area (Å²) in [6.07, 6.45) is 2.09. The molecule has 0 fully saturated rings. The van der Waals surface area contributed by atoms with E-state index in [1.807, 2.05) is 13.8 Å². The van der Waals surface area contributed by atoms with Gasteiger partial charge in [0.05, 0.1) is 5.56 Å². The Hall–Kier alpha value is -1.69. The molecule has 1 heterocycles. The Balaban J connectivity index is 2.37. The van der Waals surface area contributed by atoms with Crippen molar-refractivity contribution in [2.45, 2.75) is 20.3 Å². The number of rotatable bonds is 5. The summed E-state index contributed by atoms with van der Waals surface area (Å²) in [5, 5.41) is 3.15. The van der Waals surface area contributed by atoms with Gasteiger partial charge in [0, 0.05) is 11.0 Å². The van der Waals surface area contributed by atoms with E-state index in [9.17, 15) is 4.39 Å². The smallest absolute Gasteiger partial charge is 0.227 e. The Morgan fingerprint density at radius 3 is 2.80 bits per heavy atom. The molecule has 0 radical (unpaired) electrons. The van der Waals surface area contributed by atoms with Crippen LogP contribution >= 0.6 is 15.9 Å². The quantitative estimate of drug-likeness (QED) is 0.888. The molecule has 0 atom stereocenters. The molecule has 0 saturated carbocycles. The molecule has 0 unspecified atom stereocenters. The predicted octanol–water partition coefficient (Wildman–Crippen LogP) is 4.16. The molecule has 0 aliphatic carbocycles. The van der Waals surface area contributed by atoms with Crippen molar-refractivity contribution in [2.75, 3.05) is 11.9 Å². The fourth-order valence-electron chi connectivity index (χ4n) is 1.78. The van der Waals surface area contributed by atoms with Crippen LogP contribution in [0.3, 0.4) is 0 Å². The molecule has 0 amide bonds. The Kier molecular flexibility index (Phi) is 4.89. The molecule has 2 rings (SSSR count). The van der Waals surface area contributed by atoms with Gasteiger partial charge in [0.1, 0.15) is 12.1 Å². The maximum atomic E-state index is 13.7. The van der Waals surface area contributed by atoms with Crippen LogP contribution in [-0.2, 0) is 6.42 Å². The maximum absolute atomic E-state index is 13.7.